The summed E-state index contributed by atoms with van der Waals surface area (Å²) in [6.07, 6.45) is -0.0585. The van der Waals surface area contributed by atoms with E-state index in [2.05, 4.69) is 4.84 Å². The first kappa shape index (κ1) is 9.19. The van der Waals surface area contributed by atoms with Crippen LogP contribution in [0.1, 0.15) is 24.2 Å². The molecule has 1 aromatic rings. The van der Waals surface area contributed by atoms with Crippen LogP contribution in [-0.2, 0) is 11.4 Å². The van der Waals surface area contributed by atoms with Crippen molar-refractivity contribution in [3.63, 3.8) is 0 Å². The summed E-state index contributed by atoms with van der Waals surface area (Å²) in [5.41, 5.74) is 7.63. The molecule has 1 aromatic carbocycles. The molecule has 0 heterocycles. The summed E-state index contributed by atoms with van der Waals surface area (Å²) in [7, 11) is 0. The standard InChI is InChI=1S/C9H14N2O/c1-7(12-11)9-4-2-8(6-10)3-5-9/h2-5,7H,6,10-11H2,1H3. The van der Waals surface area contributed by atoms with Crippen molar-refractivity contribution in [2.75, 3.05) is 0 Å². The highest BCUT2D eigenvalue weighted by atomic mass is 16.6. The molecule has 0 radical (unpaired) electrons. The van der Waals surface area contributed by atoms with Crippen LogP contribution in [0.3, 0.4) is 0 Å². The van der Waals surface area contributed by atoms with Gasteiger partial charge in [-0.25, -0.2) is 5.90 Å². The van der Waals surface area contributed by atoms with Crippen molar-refractivity contribution < 1.29 is 4.84 Å². The average molecular weight is 166 g/mol. The highest BCUT2D eigenvalue weighted by Crippen LogP contribution is 2.14. The van der Waals surface area contributed by atoms with Gasteiger partial charge >= 0.3 is 0 Å². The fraction of sp³-hybridized carbons (Fsp3) is 0.333. The normalized spacial score (nSPS) is 12.9. The van der Waals surface area contributed by atoms with E-state index in [1.54, 1.807) is 0 Å². The zero-order chi connectivity index (χ0) is 8.97. The Hall–Kier alpha value is -0.900. The van der Waals surface area contributed by atoms with Gasteiger partial charge in [0.1, 0.15) is 6.10 Å². The molecule has 0 spiro atoms. The predicted octanol–water partition coefficient (Wildman–Crippen LogP) is 1.10. The lowest BCUT2D eigenvalue weighted by Crippen LogP contribution is -2.05. The van der Waals surface area contributed by atoms with E-state index in [4.69, 9.17) is 11.6 Å². The maximum absolute atomic E-state index is 5.45. The molecular weight excluding hydrogens is 152 g/mol. The monoisotopic (exact) mass is 166 g/mol. The van der Waals surface area contributed by atoms with Gasteiger partial charge in [-0.2, -0.15) is 0 Å². The van der Waals surface area contributed by atoms with Crippen LogP contribution in [0.4, 0.5) is 0 Å². The van der Waals surface area contributed by atoms with Crippen molar-refractivity contribution in [2.24, 2.45) is 11.6 Å². The largest absolute Gasteiger partial charge is 0.326 e. The maximum atomic E-state index is 5.45. The first-order valence-electron chi connectivity index (χ1n) is 3.92. The zero-order valence-corrected chi connectivity index (χ0v) is 7.16. The topological polar surface area (TPSA) is 61.3 Å². The first-order chi connectivity index (χ1) is 5.77. The van der Waals surface area contributed by atoms with Crippen molar-refractivity contribution in [1.82, 2.24) is 0 Å². The van der Waals surface area contributed by atoms with Gasteiger partial charge in [-0.1, -0.05) is 24.3 Å². The van der Waals surface area contributed by atoms with Crippen molar-refractivity contribution in [3.05, 3.63) is 35.4 Å². The first-order valence-corrected chi connectivity index (χ1v) is 3.92. The minimum Gasteiger partial charge on any atom is -0.326 e. The minimum absolute atomic E-state index is 0.0585. The summed E-state index contributed by atoms with van der Waals surface area (Å²) in [6, 6.07) is 7.90. The summed E-state index contributed by atoms with van der Waals surface area (Å²) in [5.74, 6) is 5.05. The van der Waals surface area contributed by atoms with Crippen LogP contribution in [0.2, 0.25) is 0 Å². The molecule has 0 aliphatic rings. The lowest BCUT2D eigenvalue weighted by atomic mass is 10.1. The average Bonchev–Trinajstić information content (AvgIpc) is 2.17. The van der Waals surface area contributed by atoms with Crippen LogP contribution in [-0.4, -0.2) is 0 Å². The fourth-order valence-corrected chi connectivity index (χ4v) is 1.00. The minimum atomic E-state index is -0.0585. The van der Waals surface area contributed by atoms with Gasteiger partial charge in [0.15, 0.2) is 0 Å². The molecule has 0 bridgehead atoms. The van der Waals surface area contributed by atoms with Crippen molar-refractivity contribution >= 4 is 0 Å². The third kappa shape index (κ3) is 2.04. The van der Waals surface area contributed by atoms with E-state index >= 15 is 0 Å². The second kappa shape index (κ2) is 4.21. The van der Waals surface area contributed by atoms with Crippen molar-refractivity contribution in [2.45, 2.75) is 19.6 Å². The van der Waals surface area contributed by atoms with Crippen LogP contribution < -0.4 is 11.6 Å². The van der Waals surface area contributed by atoms with E-state index in [1.807, 2.05) is 31.2 Å². The number of hydrogen-bond donors (Lipinski definition) is 2. The van der Waals surface area contributed by atoms with Gasteiger partial charge in [0.05, 0.1) is 0 Å². The van der Waals surface area contributed by atoms with E-state index in [-0.39, 0.29) is 6.10 Å². The number of nitrogens with two attached hydrogens (primary N) is 2. The van der Waals surface area contributed by atoms with E-state index < -0.39 is 0 Å². The molecule has 0 aromatic heterocycles. The van der Waals surface area contributed by atoms with Crippen molar-refractivity contribution in [3.8, 4) is 0 Å². The quantitative estimate of drug-likeness (QED) is 0.661. The van der Waals surface area contributed by atoms with Crippen LogP contribution >= 0.6 is 0 Å². The molecule has 3 nitrogen and oxygen atoms in total. The second-order valence-corrected chi connectivity index (χ2v) is 2.72. The molecule has 0 amide bonds. The molecule has 1 rings (SSSR count). The van der Waals surface area contributed by atoms with Crippen LogP contribution in [0.25, 0.3) is 0 Å². The van der Waals surface area contributed by atoms with Crippen LogP contribution in [0.15, 0.2) is 24.3 Å². The predicted molar refractivity (Wildman–Crippen MR) is 48.0 cm³/mol. The molecule has 66 valence electrons. The molecule has 0 saturated carbocycles. The van der Waals surface area contributed by atoms with Crippen molar-refractivity contribution in [1.29, 1.82) is 0 Å². The molecule has 0 aliphatic carbocycles. The Bertz CT molecular complexity index is 233. The Morgan fingerprint density at radius 1 is 1.33 bits per heavy atom. The number of rotatable bonds is 3. The van der Waals surface area contributed by atoms with Gasteiger partial charge < -0.3 is 5.73 Å². The Kier molecular flexibility index (Phi) is 3.22. The highest BCUT2D eigenvalue weighted by Gasteiger charge is 2.02. The molecule has 1 atom stereocenters. The molecular formula is C9H14N2O. The molecule has 0 fully saturated rings. The molecule has 0 saturated heterocycles. The van der Waals surface area contributed by atoms with Gasteiger partial charge in [-0.05, 0) is 18.1 Å². The Balaban J connectivity index is 2.77. The Morgan fingerprint density at radius 3 is 2.33 bits per heavy atom. The van der Waals surface area contributed by atoms with Gasteiger partial charge in [0.25, 0.3) is 0 Å². The summed E-state index contributed by atoms with van der Waals surface area (Å²) < 4.78 is 0. The summed E-state index contributed by atoms with van der Waals surface area (Å²) in [5, 5.41) is 0. The van der Waals surface area contributed by atoms with E-state index in [1.165, 1.54) is 0 Å². The SMILES string of the molecule is CC(ON)c1ccc(CN)cc1. The maximum Gasteiger partial charge on any atom is 0.101 e. The Labute approximate surface area is 72.3 Å². The highest BCUT2D eigenvalue weighted by molar-refractivity contribution is 5.23. The van der Waals surface area contributed by atoms with Crippen LogP contribution in [0, 0.1) is 0 Å². The van der Waals surface area contributed by atoms with Gasteiger partial charge in [-0.3, -0.25) is 4.84 Å². The number of benzene rings is 1. The smallest absolute Gasteiger partial charge is 0.101 e. The summed E-state index contributed by atoms with van der Waals surface area (Å²) in [4.78, 5) is 4.68. The van der Waals surface area contributed by atoms with Crippen LogP contribution in [0.5, 0.6) is 0 Å². The zero-order valence-electron chi connectivity index (χ0n) is 7.16. The van der Waals surface area contributed by atoms with Gasteiger partial charge in [-0.15, -0.1) is 0 Å². The molecule has 3 heteroatoms. The lowest BCUT2D eigenvalue weighted by molar-refractivity contribution is 0.0664. The third-order valence-corrected chi connectivity index (χ3v) is 1.89. The van der Waals surface area contributed by atoms with Gasteiger partial charge in [0.2, 0.25) is 0 Å². The third-order valence-electron chi connectivity index (χ3n) is 1.89. The number of hydrogen-bond acceptors (Lipinski definition) is 3. The summed E-state index contributed by atoms with van der Waals surface area (Å²) in [6.45, 7) is 2.47. The molecule has 0 aliphatic heterocycles. The molecule has 1 unspecified atom stereocenters. The van der Waals surface area contributed by atoms with E-state index in [0.717, 1.165) is 11.1 Å². The van der Waals surface area contributed by atoms with Gasteiger partial charge in [0, 0.05) is 6.54 Å². The molecule has 4 N–H and O–H groups in total. The molecule has 12 heavy (non-hydrogen) atoms. The van der Waals surface area contributed by atoms with E-state index in [9.17, 15) is 0 Å². The van der Waals surface area contributed by atoms with E-state index in [0.29, 0.717) is 6.54 Å². The lowest BCUT2D eigenvalue weighted by Gasteiger charge is -2.08. The second-order valence-electron chi connectivity index (χ2n) is 2.72. The Morgan fingerprint density at radius 2 is 1.92 bits per heavy atom. The summed E-state index contributed by atoms with van der Waals surface area (Å²) >= 11 is 0. The fourth-order valence-electron chi connectivity index (χ4n) is 1.00.